The van der Waals surface area contributed by atoms with Crippen molar-refractivity contribution in [1.82, 2.24) is 0 Å². The Morgan fingerprint density at radius 1 is 0.375 bits per heavy atom. The van der Waals surface area contributed by atoms with Gasteiger partial charge in [-0.25, -0.2) is 0 Å². The van der Waals surface area contributed by atoms with Crippen LogP contribution >= 0.6 is 0 Å². The lowest BCUT2D eigenvalue weighted by Gasteiger charge is -2.18. The molecule has 0 saturated carbocycles. The normalized spacial score (nSPS) is 12.7. The topological polar surface area (TPSA) is 78.9 Å². The number of allylic oxidation sites excluding steroid dienone is 12. The number of hydrogen-bond acceptors (Lipinski definition) is 6. The van der Waals surface area contributed by atoms with E-state index in [0.29, 0.717) is 25.7 Å². The van der Waals surface area contributed by atoms with E-state index in [0.717, 1.165) is 89.9 Å². The molecule has 0 aromatic heterocycles. The van der Waals surface area contributed by atoms with Crippen molar-refractivity contribution in [2.24, 2.45) is 0 Å². The van der Waals surface area contributed by atoms with Crippen LogP contribution in [0.4, 0.5) is 0 Å². The minimum absolute atomic E-state index is 0.107. The van der Waals surface area contributed by atoms with E-state index in [1.54, 1.807) is 0 Å². The molecule has 0 N–H and O–H groups in total. The van der Waals surface area contributed by atoms with Crippen molar-refractivity contribution in [1.29, 1.82) is 0 Å². The summed E-state index contributed by atoms with van der Waals surface area (Å²) in [4.78, 5) is 37.7. The van der Waals surface area contributed by atoms with Crippen LogP contribution in [-0.2, 0) is 28.6 Å². The Balaban J connectivity index is 4.46. The van der Waals surface area contributed by atoms with Gasteiger partial charge in [0.05, 0.1) is 0 Å². The van der Waals surface area contributed by atoms with Crippen molar-refractivity contribution >= 4 is 17.9 Å². The summed E-state index contributed by atoms with van der Waals surface area (Å²) in [6.07, 6.45) is 54.7. The van der Waals surface area contributed by atoms with Crippen molar-refractivity contribution in [3.05, 3.63) is 72.9 Å². The highest BCUT2D eigenvalue weighted by atomic mass is 16.6. The Hall–Kier alpha value is -3.15. The first-order valence-corrected chi connectivity index (χ1v) is 23.0. The zero-order chi connectivity index (χ0) is 40.8. The van der Waals surface area contributed by atoms with Crippen molar-refractivity contribution in [3.63, 3.8) is 0 Å². The molecule has 0 aromatic carbocycles. The summed E-state index contributed by atoms with van der Waals surface area (Å²) in [5, 5.41) is 0. The number of carbonyl (C=O) groups excluding carboxylic acids is 3. The Bertz CT molecular complexity index is 1080. The van der Waals surface area contributed by atoms with Crippen LogP contribution in [0.2, 0.25) is 0 Å². The molecule has 0 bridgehead atoms. The van der Waals surface area contributed by atoms with Crippen LogP contribution < -0.4 is 0 Å². The van der Waals surface area contributed by atoms with Gasteiger partial charge in [-0.3, -0.25) is 14.4 Å². The molecule has 0 fully saturated rings. The Kier molecular flexibility index (Phi) is 42.1. The summed E-state index contributed by atoms with van der Waals surface area (Å²) < 4.78 is 16.6. The summed E-state index contributed by atoms with van der Waals surface area (Å²) in [7, 11) is 0. The second kappa shape index (κ2) is 44.6. The van der Waals surface area contributed by atoms with E-state index < -0.39 is 6.10 Å². The van der Waals surface area contributed by atoms with Gasteiger partial charge in [-0.15, -0.1) is 0 Å². The zero-order valence-electron chi connectivity index (χ0n) is 36.4. The predicted octanol–water partition coefficient (Wildman–Crippen LogP) is 14.7. The average Bonchev–Trinajstić information content (AvgIpc) is 3.19. The summed E-state index contributed by atoms with van der Waals surface area (Å²) in [5.74, 6) is -0.994. The quantitative estimate of drug-likeness (QED) is 0.0203. The van der Waals surface area contributed by atoms with E-state index in [1.165, 1.54) is 70.6 Å². The third-order valence-electron chi connectivity index (χ3n) is 9.50. The molecule has 0 aromatic rings. The number of unbranched alkanes of at least 4 members (excludes halogenated alkanes) is 20. The Morgan fingerprint density at radius 2 is 0.732 bits per heavy atom. The molecule has 320 valence electrons. The smallest absolute Gasteiger partial charge is 0.306 e. The van der Waals surface area contributed by atoms with Gasteiger partial charge >= 0.3 is 17.9 Å². The van der Waals surface area contributed by atoms with Gasteiger partial charge in [0.15, 0.2) is 6.10 Å². The van der Waals surface area contributed by atoms with Crippen LogP contribution in [0.25, 0.3) is 0 Å². The van der Waals surface area contributed by atoms with Gasteiger partial charge in [0, 0.05) is 19.3 Å². The molecule has 0 aliphatic carbocycles. The Morgan fingerprint density at radius 3 is 1.25 bits per heavy atom. The van der Waals surface area contributed by atoms with Crippen LogP contribution in [0, 0.1) is 0 Å². The molecule has 0 aliphatic rings. The van der Waals surface area contributed by atoms with Crippen molar-refractivity contribution in [2.45, 2.75) is 213 Å². The van der Waals surface area contributed by atoms with E-state index in [9.17, 15) is 14.4 Å². The van der Waals surface area contributed by atoms with E-state index in [1.807, 2.05) is 6.08 Å². The second-order valence-corrected chi connectivity index (χ2v) is 15.0. The Labute approximate surface area is 344 Å². The number of hydrogen-bond donors (Lipinski definition) is 0. The molecule has 0 saturated heterocycles. The fourth-order valence-corrected chi connectivity index (χ4v) is 6.02. The molecule has 1 atom stereocenters. The molecule has 56 heavy (non-hydrogen) atoms. The molecule has 6 nitrogen and oxygen atoms in total. The lowest BCUT2D eigenvalue weighted by molar-refractivity contribution is -0.167. The fraction of sp³-hybridized carbons (Fsp3) is 0.700. The standard InChI is InChI=1S/C50H84O6/c1-4-7-10-13-16-19-21-23-24-25-27-28-31-34-37-40-43-49(52)55-46-47(45-54-48(51)42-39-36-33-30-18-15-12-9-6-3)56-50(53)44-41-38-35-32-29-26-22-20-17-14-11-8-5-2/h8,11,14,17,20,22,24-25,27-28,30,33,47H,4-7,9-10,12-13,15-16,18-19,21,23,26,29,31-32,34-46H2,1-3H3/b11-8-,17-14-,22-20-,25-24-,28-27-,33-30-. The van der Waals surface area contributed by atoms with Crippen LogP contribution in [0.3, 0.4) is 0 Å². The van der Waals surface area contributed by atoms with E-state index >= 15 is 0 Å². The predicted molar refractivity (Wildman–Crippen MR) is 238 cm³/mol. The molecule has 6 heteroatoms. The van der Waals surface area contributed by atoms with Gasteiger partial charge in [-0.2, -0.15) is 0 Å². The van der Waals surface area contributed by atoms with Crippen molar-refractivity contribution in [3.8, 4) is 0 Å². The fourth-order valence-electron chi connectivity index (χ4n) is 6.02. The molecule has 0 spiro atoms. The van der Waals surface area contributed by atoms with E-state index in [2.05, 4.69) is 87.6 Å². The first-order valence-electron chi connectivity index (χ1n) is 23.0. The maximum Gasteiger partial charge on any atom is 0.306 e. The lowest BCUT2D eigenvalue weighted by Crippen LogP contribution is -2.30. The summed E-state index contributed by atoms with van der Waals surface area (Å²) >= 11 is 0. The maximum absolute atomic E-state index is 12.7. The molecule has 0 heterocycles. The third-order valence-corrected chi connectivity index (χ3v) is 9.50. The number of carbonyl (C=O) groups is 3. The lowest BCUT2D eigenvalue weighted by atomic mass is 10.1. The summed E-state index contributed by atoms with van der Waals surface area (Å²) in [5.41, 5.74) is 0. The highest BCUT2D eigenvalue weighted by Gasteiger charge is 2.19. The summed E-state index contributed by atoms with van der Waals surface area (Å²) in [6, 6.07) is 0. The van der Waals surface area contributed by atoms with Gasteiger partial charge in [0.2, 0.25) is 0 Å². The van der Waals surface area contributed by atoms with Crippen LogP contribution in [0.5, 0.6) is 0 Å². The molecule has 0 rings (SSSR count). The van der Waals surface area contributed by atoms with Crippen LogP contribution in [0.15, 0.2) is 72.9 Å². The second-order valence-electron chi connectivity index (χ2n) is 15.0. The van der Waals surface area contributed by atoms with Gasteiger partial charge < -0.3 is 14.2 Å². The van der Waals surface area contributed by atoms with E-state index in [-0.39, 0.29) is 31.1 Å². The molecule has 0 amide bonds. The maximum atomic E-state index is 12.7. The van der Waals surface area contributed by atoms with Gasteiger partial charge in [-0.1, -0.05) is 177 Å². The zero-order valence-corrected chi connectivity index (χ0v) is 36.4. The highest BCUT2D eigenvalue weighted by molar-refractivity contribution is 5.71. The third kappa shape index (κ3) is 42.0. The van der Waals surface area contributed by atoms with Gasteiger partial charge in [0.1, 0.15) is 13.2 Å². The number of rotatable bonds is 40. The summed E-state index contributed by atoms with van der Waals surface area (Å²) in [6.45, 7) is 6.38. The van der Waals surface area contributed by atoms with Crippen LogP contribution in [-0.4, -0.2) is 37.2 Å². The van der Waals surface area contributed by atoms with Gasteiger partial charge in [0.25, 0.3) is 0 Å². The molecule has 0 aliphatic heterocycles. The number of esters is 3. The molecular weight excluding hydrogens is 697 g/mol. The van der Waals surface area contributed by atoms with Crippen molar-refractivity contribution in [2.75, 3.05) is 13.2 Å². The first kappa shape index (κ1) is 52.9. The molecular formula is C50H84O6. The minimum Gasteiger partial charge on any atom is -0.462 e. The minimum atomic E-state index is -0.805. The SMILES string of the molecule is CC\C=C/C=C\C=C/CCCCCCCC(=O)OC(COC(=O)CCC/C=C\CCCCCC)COC(=O)CCCCC/C=C\C=C/CCCCCCCCC. The monoisotopic (exact) mass is 781 g/mol. The van der Waals surface area contributed by atoms with Gasteiger partial charge in [-0.05, 0) is 83.5 Å². The first-order chi connectivity index (χ1) is 27.5. The largest absolute Gasteiger partial charge is 0.462 e. The van der Waals surface area contributed by atoms with Crippen molar-refractivity contribution < 1.29 is 28.6 Å². The molecule has 1 unspecified atom stereocenters. The van der Waals surface area contributed by atoms with Crippen LogP contribution in [0.1, 0.15) is 207 Å². The molecule has 0 radical (unpaired) electrons. The highest BCUT2D eigenvalue weighted by Crippen LogP contribution is 2.12. The van der Waals surface area contributed by atoms with E-state index in [4.69, 9.17) is 14.2 Å². The number of ether oxygens (including phenoxy) is 3. The average molecular weight is 781 g/mol.